The fraction of sp³-hybridized carbons (Fsp3) is 0.250. The number of carbonyl (C=O) groups is 1. The molecule has 0 saturated carbocycles. The van der Waals surface area contributed by atoms with E-state index < -0.39 is 29.2 Å². The second-order valence-electron chi connectivity index (χ2n) is 6.77. The van der Waals surface area contributed by atoms with E-state index in [1.54, 1.807) is 0 Å². The second-order valence-corrected chi connectivity index (χ2v) is 6.77. The number of halogens is 4. The van der Waals surface area contributed by atoms with Crippen molar-refractivity contribution in [2.24, 2.45) is 0 Å². The van der Waals surface area contributed by atoms with Crippen LogP contribution < -0.4 is 0 Å². The third-order valence-electron chi connectivity index (χ3n) is 4.85. The van der Waals surface area contributed by atoms with Crippen LogP contribution in [0.25, 0.3) is 11.4 Å². The van der Waals surface area contributed by atoms with E-state index >= 15 is 0 Å². The lowest BCUT2D eigenvalue weighted by Gasteiger charge is -2.31. The maximum absolute atomic E-state index is 13.9. The molecule has 1 fully saturated rings. The normalized spacial score (nSPS) is 16.8. The van der Waals surface area contributed by atoms with Gasteiger partial charge < -0.3 is 9.42 Å². The lowest BCUT2D eigenvalue weighted by molar-refractivity contribution is 0.0691. The van der Waals surface area contributed by atoms with Crippen LogP contribution in [-0.4, -0.2) is 34.0 Å². The maximum Gasteiger partial charge on any atom is 0.256 e. The predicted octanol–water partition coefficient (Wildman–Crippen LogP) is 4.31. The van der Waals surface area contributed by atoms with Gasteiger partial charge in [0.25, 0.3) is 5.91 Å². The SMILES string of the molecule is O=C(c1ccc(F)cc1F)N1CCCC(c2nc(-c3cccc(F)c3F)no2)C1. The zero-order valence-electron chi connectivity index (χ0n) is 15.0. The second kappa shape index (κ2) is 7.65. The molecular formula is C20H15F4N3O2. The fourth-order valence-electron chi connectivity index (χ4n) is 3.38. The first kappa shape index (κ1) is 19.1. The highest BCUT2D eigenvalue weighted by Gasteiger charge is 2.30. The van der Waals surface area contributed by atoms with Gasteiger partial charge in [-0.15, -0.1) is 0 Å². The van der Waals surface area contributed by atoms with E-state index in [-0.39, 0.29) is 35.3 Å². The lowest BCUT2D eigenvalue weighted by Crippen LogP contribution is -2.39. The molecule has 4 rings (SSSR count). The molecule has 29 heavy (non-hydrogen) atoms. The van der Waals surface area contributed by atoms with Gasteiger partial charge in [-0.3, -0.25) is 4.79 Å². The Morgan fingerprint density at radius 2 is 1.93 bits per heavy atom. The van der Waals surface area contributed by atoms with Crippen molar-refractivity contribution < 1.29 is 26.9 Å². The molecule has 1 unspecified atom stereocenters. The third-order valence-corrected chi connectivity index (χ3v) is 4.85. The highest BCUT2D eigenvalue weighted by molar-refractivity contribution is 5.94. The van der Waals surface area contributed by atoms with Gasteiger partial charge in [0.15, 0.2) is 11.6 Å². The number of nitrogens with zero attached hydrogens (tertiary/aromatic N) is 3. The molecule has 0 N–H and O–H groups in total. The summed E-state index contributed by atoms with van der Waals surface area (Å²) in [5.74, 6) is -4.61. The predicted molar refractivity (Wildman–Crippen MR) is 93.9 cm³/mol. The molecule has 9 heteroatoms. The van der Waals surface area contributed by atoms with Crippen LogP contribution in [-0.2, 0) is 0 Å². The molecule has 0 bridgehead atoms. The molecule has 5 nitrogen and oxygen atoms in total. The van der Waals surface area contributed by atoms with Crippen LogP contribution in [0.1, 0.15) is 35.0 Å². The minimum Gasteiger partial charge on any atom is -0.339 e. The van der Waals surface area contributed by atoms with Gasteiger partial charge in [-0.05, 0) is 37.1 Å². The van der Waals surface area contributed by atoms with E-state index in [2.05, 4.69) is 10.1 Å². The summed E-state index contributed by atoms with van der Waals surface area (Å²) in [5.41, 5.74) is -0.350. The van der Waals surface area contributed by atoms with Crippen LogP contribution in [0.2, 0.25) is 0 Å². The Hall–Kier alpha value is -3.23. The van der Waals surface area contributed by atoms with Crippen molar-refractivity contribution in [3.63, 3.8) is 0 Å². The minimum atomic E-state index is -1.08. The van der Waals surface area contributed by atoms with Gasteiger partial charge in [0.05, 0.1) is 17.0 Å². The van der Waals surface area contributed by atoms with Gasteiger partial charge in [-0.1, -0.05) is 11.2 Å². The van der Waals surface area contributed by atoms with Gasteiger partial charge in [0, 0.05) is 19.2 Å². The highest BCUT2D eigenvalue weighted by Crippen LogP contribution is 2.29. The van der Waals surface area contributed by atoms with E-state index in [1.807, 2.05) is 0 Å². The lowest BCUT2D eigenvalue weighted by atomic mass is 9.97. The number of carbonyl (C=O) groups excluding carboxylic acids is 1. The molecule has 2 heterocycles. The van der Waals surface area contributed by atoms with Gasteiger partial charge in [0.1, 0.15) is 11.6 Å². The van der Waals surface area contributed by atoms with E-state index in [9.17, 15) is 22.4 Å². The quantitative estimate of drug-likeness (QED) is 0.610. The molecule has 1 saturated heterocycles. The number of aromatic nitrogens is 2. The number of rotatable bonds is 3. The van der Waals surface area contributed by atoms with Crippen LogP contribution in [0.3, 0.4) is 0 Å². The first-order chi connectivity index (χ1) is 13.9. The Bertz CT molecular complexity index is 1070. The summed E-state index contributed by atoms with van der Waals surface area (Å²) < 4.78 is 59.6. The fourth-order valence-corrected chi connectivity index (χ4v) is 3.38. The molecule has 1 aliphatic rings. The molecular weight excluding hydrogens is 390 g/mol. The van der Waals surface area contributed by atoms with Gasteiger partial charge in [-0.2, -0.15) is 4.98 Å². The number of benzene rings is 2. The molecule has 1 aromatic heterocycles. The van der Waals surface area contributed by atoms with Crippen molar-refractivity contribution in [1.82, 2.24) is 15.0 Å². The number of hydrogen-bond acceptors (Lipinski definition) is 4. The highest BCUT2D eigenvalue weighted by atomic mass is 19.2. The summed E-state index contributed by atoms with van der Waals surface area (Å²) in [6.07, 6.45) is 1.23. The molecule has 0 aliphatic carbocycles. The van der Waals surface area contributed by atoms with Crippen LogP contribution in [0.5, 0.6) is 0 Å². The van der Waals surface area contributed by atoms with Crippen molar-refractivity contribution in [1.29, 1.82) is 0 Å². The molecule has 1 atom stereocenters. The zero-order valence-corrected chi connectivity index (χ0v) is 15.0. The molecule has 3 aromatic rings. The average molecular weight is 405 g/mol. The van der Waals surface area contributed by atoms with E-state index in [0.29, 0.717) is 25.5 Å². The van der Waals surface area contributed by atoms with Crippen molar-refractivity contribution >= 4 is 5.91 Å². The first-order valence-corrected chi connectivity index (χ1v) is 8.96. The molecule has 0 spiro atoms. The Labute approximate surface area is 162 Å². The largest absolute Gasteiger partial charge is 0.339 e. The van der Waals surface area contributed by atoms with E-state index in [0.717, 1.165) is 18.2 Å². The Balaban J connectivity index is 1.54. The summed E-state index contributed by atoms with van der Waals surface area (Å²) in [6, 6.07) is 6.44. The smallest absolute Gasteiger partial charge is 0.256 e. The summed E-state index contributed by atoms with van der Waals surface area (Å²) in [4.78, 5) is 18.2. The number of amides is 1. The number of hydrogen-bond donors (Lipinski definition) is 0. The Morgan fingerprint density at radius 1 is 1.10 bits per heavy atom. The molecule has 1 aliphatic heterocycles. The monoisotopic (exact) mass is 405 g/mol. The van der Waals surface area contributed by atoms with Crippen LogP contribution in [0.4, 0.5) is 17.6 Å². The van der Waals surface area contributed by atoms with Gasteiger partial charge >= 0.3 is 0 Å². The summed E-state index contributed by atoms with van der Waals surface area (Å²) in [7, 11) is 0. The van der Waals surface area contributed by atoms with Crippen LogP contribution >= 0.6 is 0 Å². The summed E-state index contributed by atoms with van der Waals surface area (Å²) in [6.45, 7) is 0.578. The van der Waals surface area contributed by atoms with Crippen molar-refractivity contribution in [2.75, 3.05) is 13.1 Å². The zero-order chi connectivity index (χ0) is 20.5. The number of piperidine rings is 1. The first-order valence-electron chi connectivity index (χ1n) is 8.96. The van der Waals surface area contributed by atoms with Crippen molar-refractivity contribution in [3.8, 4) is 11.4 Å². The number of likely N-dealkylation sites (tertiary alicyclic amines) is 1. The van der Waals surface area contributed by atoms with Crippen molar-refractivity contribution in [2.45, 2.75) is 18.8 Å². The molecule has 150 valence electrons. The third kappa shape index (κ3) is 3.72. The minimum absolute atomic E-state index is 0.0926. The molecule has 2 aromatic carbocycles. The van der Waals surface area contributed by atoms with E-state index in [1.165, 1.54) is 17.0 Å². The van der Waals surface area contributed by atoms with Crippen LogP contribution in [0.15, 0.2) is 40.9 Å². The summed E-state index contributed by atoms with van der Waals surface area (Å²) in [5, 5.41) is 3.72. The van der Waals surface area contributed by atoms with Crippen molar-refractivity contribution in [3.05, 3.63) is 71.1 Å². The van der Waals surface area contributed by atoms with Gasteiger partial charge in [-0.25, -0.2) is 17.6 Å². The van der Waals surface area contributed by atoms with Gasteiger partial charge in [0.2, 0.25) is 11.7 Å². The topological polar surface area (TPSA) is 59.2 Å². The average Bonchev–Trinajstić information content (AvgIpc) is 3.20. The standard InChI is InChI=1S/C20H15F4N3O2/c21-12-6-7-13(16(23)9-12)20(28)27-8-2-3-11(10-27)19-25-18(26-29-19)14-4-1-5-15(22)17(14)24/h1,4-7,9,11H,2-3,8,10H2. The van der Waals surface area contributed by atoms with Crippen LogP contribution in [0, 0.1) is 23.3 Å². The molecule has 1 amide bonds. The van der Waals surface area contributed by atoms with E-state index in [4.69, 9.17) is 4.52 Å². The molecule has 0 radical (unpaired) electrons. The Morgan fingerprint density at radius 3 is 2.72 bits per heavy atom. The Kier molecular flexibility index (Phi) is 5.04. The maximum atomic E-state index is 13.9. The summed E-state index contributed by atoms with van der Waals surface area (Å²) >= 11 is 0.